The third-order valence-corrected chi connectivity index (χ3v) is 3.18. The van der Waals surface area contributed by atoms with E-state index in [0.29, 0.717) is 17.0 Å². The summed E-state index contributed by atoms with van der Waals surface area (Å²) in [5.74, 6) is -0.382. The summed E-state index contributed by atoms with van der Waals surface area (Å²) in [5.41, 5.74) is 0.827. The van der Waals surface area contributed by atoms with E-state index in [1.165, 1.54) is 13.2 Å². The number of hydrogen-bond donors (Lipinski definition) is 1. The van der Waals surface area contributed by atoms with Crippen molar-refractivity contribution in [3.05, 3.63) is 41.6 Å². The van der Waals surface area contributed by atoms with Gasteiger partial charge in [-0.05, 0) is 18.2 Å². The van der Waals surface area contributed by atoms with Crippen LogP contribution in [0.1, 0.15) is 36.8 Å². The van der Waals surface area contributed by atoms with Crippen LogP contribution in [0.2, 0.25) is 0 Å². The Kier molecular flexibility index (Phi) is 5.23. The van der Waals surface area contributed by atoms with Crippen molar-refractivity contribution >= 4 is 17.8 Å². The summed E-state index contributed by atoms with van der Waals surface area (Å²) >= 11 is 0. The lowest BCUT2D eigenvalue weighted by Gasteiger charge is -2.12. The van der Waals surface area contributed by atoms with Gasteiger partial charge in [-0.15, -0.1) is 0 Å². The highest BCUT2D eigenvalue weighted by atomic mass is 16.5. The zero-order valence-corrected chi connectivity index (χ0v) is 14.1. The molecule has 7 nitrogen and oxygen atoms in total. The summed E-state index contributed by atoms with van der Waals surface area (Å²) in [6.45, 7) is 5.51. The van der Waals surface area contributed by atoms with E-state index in [2.05, 4.69) is 10.5 Å². The SMILES string of the molecule is COc1cccc(C(=O)OCC(=O)Nc2cc(C(C)(C)C)no2)c1. The largest absolute Gasteiger partial charge is 0.497 e. The molecule has 0 atom stereocenters. The average molecular weight is 332 g/mol. The fourth-order valence-corrected chi connectivity index (χ4v) is 1.83. The van der Waals surface area contributed by atoms with Crippen LogP contribution >= 0.6 is 0 Å². The summed E-state index contributed by atoms with van der Waals surface area (Å²) in [4.78, 5) is 23.7. The molecule has 1 amide bonds. The third kappa shape index (κ3) is 4.58. The number of hydrogen-bond acceptors (Lipinski definition) is 6. The zero-order valence-electron chi connectivity index (χ0n) is 14.1. The topological polar surface area (TPSA) is 90.7 Å². The number of carbonyl (C=O) groups excluding carboxylic acids is 2. The van der Waals surface area contributed by atoms with Crippen molar-refractivity contribution in [1.82, 2.24) is 5.16 Å². The van der Waals surface area contributed by atoms with Crippen LogP contribution in [0.3, 0.4) is 0 Å². The predicted octanol–water partition coefficient (Wildman–Crippen LogP) is 2.78. The molecule has 0 aliphatic carbocycles. The molecule has 128 valence electrons. The second-order valence-corrected chi connectivity index (χ2v) is 6.18. The molecule has 2 aromatic rings. The van der Waals surface area contributed by atoms with Gasteiger partial charge < -0.3 is 14.0 Å². The number of rotatable bonds is 5. The van der Waals surface area contributed by atoms with Crippen molar-refractivity contribution in [2.24, 2.45) is 0 Å². The van der Waals surface area contributed by atoms with Crippen molar-refractivity contribution in [1.29, 1.82) is 0 Å². The van der Waals surface area contributed by atoms with Gasteiger partial charge in [0.1, 0.15) is 5.75 Å². The molecule has 2 rings (SSSR count). The summed E-state index contributed by atoms with van der Waals surface area (Å²) < 4.78 is 15.0. The summed E-state index contributed by atoms with van der Waals surface area (Å²) in [7, 11) is 1.50. The van der Waals surface area contributed by atoms with Crippen molar-refractivity contribution in [2.45, 2.75) is 26.2 Å². The van der Waals surface area contributed by atoms with Gasteiger partial charge in [-0.25, -0.2) is 4.79 Å². The summed E-state index contributed by atoms with van der Waals surface area (Å²) in [5, 5.41) is 6.38. The number of esters is 1. The lowest BCUT2D eigenvalue weighted by atomic mass is 9.92. The average Bonchev–Trinajstić information content (AvgIpc) is 3.01. The second kappa shape index (κ2) is 7.16. The first-order valence-corrected chi connectivity index (χ1v) is 7.38. The van der Waals surface area contributed by atoms with Crippen LogP contribution in [-0.4, -0.2) is 30.7 Å². The molecule has 0 radical (unpaired) electrons. The molecule has 7 heteroatoms. The van der Waals surface area contributed by atoms with E-state index in [0.717, 1.165) is 0 Å². The lowest BCUT2D eigenvalue weighted by molar-refractivity contribution is -0.119. The highest BCUT2D eigenvalue weighted by Crippen LogP contribution is 2.23. The van der Waals surface area contributed by atoms with Gasteiger partial charge in [0, 0.05) is 11.5 Å². The predicted molar refractivity (Wildman–Crippen MR) is 87.1 cm³/mol. The van der Waals surface area contributed by atoms with Crippen molar-refractivity contribution in [2.75, 3.05) is 19.0 Å². The molecule has 1 aromatic heterocycles. The van der Waals surface area contributed by atoms with Gasteiger partial charge in [-0.3, -0.25) is 10.1 Å². The minimum absolute atomic E-state index is 0.189. The van der Waals surface area contributed by atoms with Gasteiger partial charge in [0.25, 0.3) is 5.91 Å². The van der Waals surface area contributed by atoms with Crippen LogP contribution in [-0.2, 0) is 14.9 Å². The van der Waals surface area contributed by atoms with E-state index in [9.17, 15) is 9.59 Å². The van der Waals surface area contributed by atoms with Crippen LogP contribution in [0.5, 0.6) is 5.75 Å². The highest BCUT2D eigenvalue weighted by molar-refractivity contribution is 5.95. The number of nitrogens with zero attached hydrogens (tertiary/aromatic N) is 1. The number of ether oxygens (including phenoxy) is 2. The smallest absolute Gasteiger partial charge is 0.338 e. The van der Waals surface area contributed by atoms with E-state index in [1.54, 1.807) is 24.3 Å². The molecule has 1 heterocycles. The molecule has 1 N–H and O–H groups in total. The van der Waals surface area contributed by atoms with Gasteiger partial charge in [-0.2, -0.15) is 0 Å². The normalized spacial score (nSPS) is 11.0. The number of benzene rings is 1. The van der Waals surface area contributed by atoms with Crippen LogP contribution in [0.25, 0.3) is 0 Å². The summed E-state index contributed by atoms with van der Waals surface area (Å²) in [6, 6.07) is 8.13. The first-order valence-electron chi connectivity index (χ1n) is 7.38. The molecule has 0 bridgehead atoms. The Morgan fingerprint density at radius 2 is 2.00 bits per heavy atom. The first-order chi connectivity index (χ1) is 11.3. The molecule has 0 aliphatic rings. The van der Waals surface area contributed by atoms with Crippen LogP contribution in [0.15, 0.2) is 34.9 Å². The number of anilines is 1. The van der Waals surface area contributed by atoms with Crippen molar-refractivity contribution < 1.29 is 23.6 Å². The van der Waals surface area contributed by atoms with Gasteiger partial charge in [-0.1, -0.05) is 32.0 Å². The van der Waals surface area contributed by atoms with Gasteiger partial charge in [0.15, 0.2) is 6.61 Å². The minimum atomic E-state index is -0.614. The van der Waals surface area contributed by atoms with E-state index >= 15 is 0 Å². The molecular weight excluding hydrogens is 312 g/mol. The monoisotopic (exact) mass is 332 g/mol. The molecule has 0 aliphatic heterocycles. The van der Waals surface area contributed by atoms with Gasteiger partial charge in [0.2, 0.25) is 5.88 Å². The Hall–Kier alpha value is -2.83. The molecule has 0 spiro atoms. The zero-order chi connectivity index (χ0) is 17.7. The maximum Gasteiger partial charge on any atom is 0.338 e. The molecule has 0 saturated heterocycles. The molecular formula is C17H20N2O5. The molecule has 0 fully saturated rings. The quantitative estimate of drug-likeness (QED) is 0.847. The molecule has 24 heavy (non-hydrogen) atoms. The van der Waals surface area contributed by atoms with Gasteiger partial charge in [0.05, 0.1) is 18.4 Å². The van der Waals surface area contributed by atoms with E-state index in [-0.39, 0.29) is 11.3 Å². The Labute approximate surface area is 139 Å². The van der Waals surface area contributed by atoms with Crippen LogP contribution in [0.4, 0.5) is 5.88 Å². The fraction of sp³-hybridized carbons (Fsp3) is 0.353. The van der Waals surface area contributed by atoms with Crippen LogP contribution < -0.4 is 10.1 Å². The summed E-state index contributed by atoms with van der Waals surface area (Å²) in [6.07, 6.45) is 0. The number of aromatic nitrogens is 1. The third-order valence-electron chi connectivity index (χ3n) is 3.18. The molecule has 1 aromatic carbocycles. The maximum absolute atomic E-state index is 11.9. The maximum atomic E-state index is 11.9. The first kappa shape index (κ1) is 17.5. The highest BCUT2D eigenvalue weighted by Gasteiger charge is 2.20. The van der Waals surface area contributed by atoms with Gasteiger partial charge >= 0.3 is 5.97 Å². The second-order valence-electron chi connectivity index (χ2n) is 6.18. The number of nitrogens with one attached hydrogen (secondary N) is 1. The standard InChI is InChI=1S/C17H20N2O5/c1-17(2,3)13-9-15(24-19-13)18-14(20)10-23-16(21)11-6-5-7-12(8-11)22-4/h5-9H,10H2,1-4H3,(H,18,20). The Morgan fingerprint density at radius 3 is 2.62 bits per heavy atom. The molecule has 0 saturated carbocycles. The van der Waals surface area contributed by atoms with E-state index < -0.39 is 18.5 Å². The lowest BCUT2D eigenvalue weighted by Crippen LogP contribution is -2.20. The van der Waals surface area contributed by atoms with Crippen molar-refractivity contribution in [3.8, 4) is 5.75 Å². The number of methoxy groups -OCH3 is 1. The Balaban J connectivity index is 1.88. The van der Waals surface area contributed by atoms with Crippen LogP contribution in [0, 0.1) is 0 Å². The fourth-order valence-electron chi connectivity index (χ4n) is 1.83. The Bertz CT molecular complexity index is 731. The number of amides is 1. The van der Waals surface area contributed by atoms with E-state index in [4.69, 9.17) is 14.0 Å². The Morgan fingerprint density at radius 1 is 1.25 bits per heavy atom. The van der Waals surface area contributed by atoms with Crippen molar-refractivity contribution in [3.63, 3.8) is 0 Å². The minimum Gasteiger partial charge on any atom is -0.497 e. The number of carbonyl (C=O) groups is 2. The molecule has 0 unspecified atom stereocenters. The van der Waals surface area contributed by atoms with E-state index in [1.807, 2.05) is 20.8 Å².